The summed E-state index contributed by atoms with van der Waals surface area (Å²) in [5.74, 6) is 0.885. The van der Waals surface area contributed by atoms with Crippen molar-refractivity contribution >= 4 is 11.6 Å². The van der Waals surface area contributed by atoms with Crippen LogP contribution in [0.2, 0.25) is 0 Å². The van der Waals surface area contributed by atoms with Crippen LogP contribution in [0.4, 0.5) is 5.69 Å². The van der Waals surface area contributed by atoms with Crippen LogP contribution in [0, 0.1) is 0 Å². The van der Waals surface area contributed by atoms with Crippen molar-refractivity contribution in [1.29, 1.82) is 0 Å². The van der Waals surface area contributed by atoms with E-state index in [1.54, 1.807) is 7.11 Å². The number of nitrogens with zero attached hydrogens (tertiary/aromatic N) is 1. The quantitative estimate of drug-likeness (QED) is 0.719. The molecule has 0 bridgehead atoms. The molecule has 1 aliphatic heterocycles. The summed E-state index contributed by atoms with van der Waals surface area (Å²) in [7, 11) is 1.58. The smallest absolute Gasteiger partial charge is 0.252 e. The zero-order chi connectivity index (χ0) is 22.1. The highest BCUT2D eigenvalue weighted by Gasteiger charge is 2.19. The van der Waals surface area contributed by atoms with Crippen LogP contribution in [-0.4, -0.2) is 38.8 Å². The Kier molecular flexibility index (Phi) is 8.92. The number of rotatable bonds is 5. The van der Waals surface area contributed by atoms with E-state index in [9.17, 15) is 4.79 Å². The summed E-state index contributed by atoms with van der Waals surface area (Å²) < 4.78 is 11.0. The van der Waals surface area contributed by atoms with Crippen LogP contribution < -0.4 is 15.0 Å². The first-order valence-electron chi connectivity index (χ1n) is 11.5. The van der Waals surface area contributed by atoms with Crippen molar-refractivity contribution in [2.75, 3.05) is 31.7 Å². The van der Waals surface area contributed by atoms with Gasteiger partial charge in [0.2, 0.25) is 0 Å². The minimum atomic E-state index is 0.0147. The Morgan fingerprint density at radius 2 is 1.81 bits per heavy atom. The Balaban J connectivity index is 1.95. The van der Waals surface area contributed by atoms with Crippen LogP contribution in [0.25, 0.3) is 11.1 Å². The van der Waals surface area contributed by atoms with E-state index in [1.165, 1.54) is 19.3 Å². The van der Waals surface area contributed by atoms with E-state index >= 15 is 0 Å². The molecule has 0 fully saturated rings. The zero-order valence-corrected chi connectivity index (χ0v) is 19.2. The number of hydrogen-bond acceptors (Lipinski definition) is 4. The van der Waals surface area contributed by atoms with Crippen molar-refractivity contribution in [3.63, 3.8) is 0 Å². The van der Waals surface area contributed by atoms with Crippen LogP contribution in [0.3, 0.4) is 0 Å². The molecule has 0 saturated heterocycles. The molecule has 168 valence electrons. The topological polar surface area (TPSA) is 50.8 Å². The third kappa shape index (κ3) is 6.81. The number of nitrogens with one attached hydrogen (secondary N) is 1. The van der Waals surface area contributed by atoms with Crippen molar-refractivity contribution < 1.29 is 14.3 Å². The minimum Gasteiger partial charge on any atom is -0.491 e. The third-order valence-electron chi connectivity index (χ3n) is 5.53. The van der Waals surface area contributed by atoms with E-state index in [1.807, 2.05) is 30.9 Å². The number of ether oxygens (including phenoxy) is 2. The number of amides is 1. The molecule has 0 atom stereocenters. The third-order valence-corrected chi connectivity index (χ3v) is 5.53. The van der Waals surface area contributed by atoms with Crippen LogP contribution in [0.5, 0.6) is 5.75 Å². The van der Waals surface area contributed by atoms with Gasteiger partial charge in [0.05, 0.1) is 6.10 Å². The molecule has 5 heteroatoms. The van der Waals surface area contributed by atoms with E-state index in [4.69, 9.17) is 9.47 Å². The van der Waals surface area contributed by atoms with E-state index < -0.39 is 0 Å². The molecule has 0 aliphatic carbocycles. The van der Waals surface area contributed by atoms with Crippen LogP contribution in [0.1, 0.15) is 51.5 Å². The Morgan fingerprint density at radius 1 is 1.03 bits per heavy atom. The molecule has 2 aromatic carbocycles. The van der Waals surface area contributed by atoms with Gasteiger partial charge in [-0.2, -0.15) is 0 Å². The van der Waals surface area contributed by atoms with Gasteiger partial charge in [-0.05, 0) is 74.2 Å². The Morgan fingerprint density at radius 3 is 2.61 bits per heavy atom. The predicted octanol–water partition coefficient (Wildman–Crippen LogP) is 5.17. The standard InChI is InChI=1S/C26H36N2O3/c1-20(2)31-24-11-9-10-21(17-24)22-12-13-25-23(16-22)18-27-14-7-5-4-6-8-15-28(25)26(29)19-30-3/h9-13,16-17,20,27H,4-8,14-15,18-19H2,1-3H3. The lowest BCUT2D eigenvalue weighted by atomic mass is 10.00. The average Bonchev–Trinajstić information content (AvgIpc) is 2.74. The van der Waals surface area contributed by atoms with E-state index in [0.717, 1.165) is 60.6 Å². The highest BCUT2D eigenvalue weighted by molar-refractivity contribution is 5.95. The lowest BCUT2D eigenvalue weighted by Gasteiger charge is -2.26. The molecule has 0 saturated carbocycles. The summed E-state index contributed by atoms with van der Waals surface area (Å²) in [6.45, 7) is 6.63. The molecule has 0 unspecified atom stereocenters. The molecule has 1 N–H and O–H groups in total. The van der Waals surface area contributed by atoms with Gasteiger partial charge in [-0.1, -0.05) is 37.5 Å². The molecule has 2 aromatic rings. The van der Waals surface area contributed by atoms with Crippen LogP contribution >= 0.6 is 0 Å². The second-order valence-corrected chi connectivity index (χ2v) is 8.46. The van der Waals surface area contributed by atoms with Gasteiger partial charge in [0.25, 0.3) is 5.91 Å². The van der Waals surface area contributed by atoms with Crippen molar-refractivity contribution in [2.45, 2.75) is 58.6 Å². The van der Waals surface area contributed by atoms with Crippen LogP contribution in [-0.2, 0) is 16.1 Å². The maximum atomic E-state index is 12.8. The van der Waals surface area contributed by atoms with E-state index in [0.29, 0.717) is 0 Å². The fraction of sp³-hybridized carbons (Fsp3) is 0.500. The fourth-order valence-electron chi connectivity index (χ4n) is 4.05. The largest absolute Gasteiger partial charge is 0.491 e. The van der Waals surface area contributed by atoms with Gasteiger partial charge in [-0.3, -0.25) is 4.79 Å². The molecule has 0 aromatic heterocycles. The second-order valence-electron chi connectivity index (χ2n) is 8.46. The number of hydrogen-bond donors (Lipinski definition) is 1. The van der Waals surface area contributed by atoms with Crippen molar-refractivity contribution in [2.24, 2.45) is 0 Å². The first-order chi connectivity index (χ1) is 15.1. The molecular formula is C26H36N2O3. The summed E-state index contributed by atoms with van der Waals surface area (Å²) in [6.07, 6.45) is 5.93. The summed E-state index contributed by atoms with van der Waals surface area (Å²) in [5, 5.41) is 3.57. The normalized spacial score (nSPS) is 15.7. The number of benzene rings is 2. The lowest BCUT2D eigenvalue weighted by Crippen LogP contribution is -2.36. The average molecular weight is 425 g/mol. The van der Waals surface area contributed by atoms with Gasteiger partial charge in [-0.15, -0.1) is 0 Å². The van der Waals surface area contributed by atoms with Crippen LogP contribution in [0.15, 0.2) is 42.5 Å². The summed E-state index contributed by atoms with van der Waals surface area (Å²) >= 11 is 0. The van der Waals surface area contributed by atoms with Crippen molar-refractivity contribution in [3.05, 3.63) is 48.0 Å². The monoisotopic (exact) mass is 424 g/mol. The highest BCUT2D eigenvalue weighted by atomic mass is 16.5. The molecule has 3 rings (SSSR count). The molecule has 0 spiro atoms. The second kappa shape index (κ2) is 11.9. The molecule has 1 heterocycles. The summed E-state index contributed by atoms with van der Waals surface area (Å²) in [5.41, 5.74) is 4.36. The van der Waals surface area contributed by atoms with Crippen molar-refractivity contribution in [3.8, 4) is 16.9 Å². The molecule has 5 nitrogen and oxygen atoms in total. The highest BCUT2D eigenvalue weighted by Crippen LogP contribution is 2.30. The summed E-state index contributed by atoms with van der Waals surface area (Å²) in [6, 6.07) is 14.6. The number of carbonyl (C=O) groups excluding carboxylic acids is 1. The number of methoxy groups -OCH3 is 1. The van der Waals surface area contributed by atoms with Gasteiger partial charge >= 0.3 is 0 Å². The Labute approximate surface area is 186 Å². The van der Waals surface area contributed by atoms with E-state index in [-0.39, 0.29) is 18.6 Å². The van der Waals surface area contributed by atoms with Gasteiger partial charge in [0.15, 0.2) is 0 Å². The van der Waals surface area contributed by atoms with Crippen molar-refractivity contribution in [1.82, 2.24) is 5.32 Å². The van der Waals surface area contributed by atoms with Gasteiger partial charge in [0.1, 0.15) is 12.4 Å². The van der Waals surface area contributed by atoms with Gasteiger partial charge in [-0.25, -0.2) is 0 Å². The molecule has 1 aliphatic rings. The van der Waals surface area contributed by atoms with Gasteiger partial charge in [0, 0.05) is 25.9 Å². The molecule has 31 heavy (non-hydrogen) atoms. The maximum absolute atomic E-state index is 12.8. The number of fused-ring (bicyclic) bond motifs is 1. The van der Waals surface area contributed by atoms with E-state index in [2.05, 4.69) is 35.6 Å². The number of carbonyl (C=O) groups is 1. The SMILES string of the molecule is COCC(=O)N1CCCCCCCNCc2cc(-c3cccc(OC(C)C)c3)ccc21. The minimum absolute atomic E-state index is 0.0147. The maximum Gasteiger partial charge on any atom is 0.252 e. The lowest BCUT2D eigenvalue weighted by molar-refractivity contribution is -0.122. The van der Waals surface area contributed by atoms with Gasteiger partial charge < -0.3 is 19.7 Å². The fourth-order valence-corrected chi connectivity index (χ4v) is 4.05. The molecule has 1 amide bonds. The zero-order valence-electron chi connectivity index (χ0n) is 19.2. The number of anilines is 1. The predicted molar refractivity (Wildman–Crippen MR) is 127 cm³/mol. The summed E-state index contributed by atoms with van der Waals surface area (Å²) in [4.78, 5) is 14.8. The Bertz CT molecular complexity index is 850. The first kappa shape index (κ1) is 23.3. The molecule has 0 radical (unpaired) electrons. The Hall–Kier alpha value is -2.37. The molecular weight excluding hydrogens is 388 g/mol. The first-order valence-corrected chi connectivity index (χ1v) is 11.5.